The number of rotatable bonds is 21. The maximum atomic E-state index is 14.8. The molecular weight excluding hydrogens is 748 g/mol. The minimum absolute atomic E-state index is 0.00787. The Morgan fingerprint density at radius 3 is 2.16 bits per heavy atom. The lowest BCUT2D eigenvalue weighted by Crippen LogP contribution is -2.73. The summed E-state index contributed by atoms with van der Waals surface area (Å²) in [5.41, 5.74) is 11.8. The standard InChI is InChI=1S/C41H60N8O9/c1-27(50)58-37(40(56)49(41(2,3)4)22-11-15-33(49)38(43)54)31(23-28-13-9-8-10-14-28)46-39(55)32(24-34(42)51)45-35(52)26-57-30-18-16-29(17-19-30)48(7)36(53)25-44-20-12-21-47(5)6/h8-10,13-14,16-19,31-33,37,44H,11-12,15,20-26H2,1-7H3,(H5-,42,43,45,46,51,52,54,55)/p+1/t31-,32-,33-,37-,49?/m0/s1. The number of likely N-dealkylation sites (tertiary alicyclic amines) is 1. The van der Waals surface area contributed by atoms with E-state index in [0.717, 1.165) is 19.9 Å². The first-order valence-corrected chi connectivity index (χ1v) is 19.4. The Morgan fingerprint density at radius 1 is 0.931 bits per heavy atom. The highest BCUT2D eigenvalue weighted by Gasteiger charge is 2.61. The number of quaternary nitrogens is 1. The van der Waals surface area contributed by atoms with Crippen LogP contribution in [0, 0.1) is 0 Å². The summed E-state index contributed by atoms with van der Waals surface area (Å²) in [6.07, 6.45) is -0.465. The number of benzene rings is 2. The molecule has 5 atom stereocenters. The number of nitrogens with one attached hydrogen (secondary N) is 3. The number of anilines is 1. The van der Waals surface area contributed by atoms with Gasteiger partial charge in [0, 0.05) is 32.5 Å². The van der Waals surface area contributed by atoms with Crippen LogP contribution in [0.3, 0.4) is 0 Å². The molecule has 1 unspecified atom stereocenters. The summed E-state index contributed by atoms with van der Waals surface area (Å²) < 4.78 is 10.9. The lowest BCUT2D eigenvalue weighted by atomic mass is 9.92. The van der Waals surface area contributed by atoms with Crippen molar-refractivity contribution in [1.29, 1.82) is 0 Å². The van der Waals surface area contributed by atoms with E-state index in [0.29, 0.717) is 36.4 Å². The summed E-state index contributed by atoms with van der Waals surface area (Å²) in [5.74, 6) is -4.47. The summed E-state index contributed by atoms with van der Waals surface area (Å²) in [7, 11) is 5.63. The fourth-order valence-corrected chi connectivity index (χ4v) is 7.30. The Morgan fingerprint density at radius 2 is 1.59 bits per heavy atom. The summed E-state index contributed by atoms with van der Waals surface area (Å²) in [6.45, 7) is 7.99. The zero-order valence-electron chi connectivity index (χ0n) is 34.7. The van der Waals surface area contributed by atoms with E-state index in [1.54, 1.807) is 82.4 Å². The number of nitrogens with two attached hydrogens (primary N) is 2. The third-order valence-electron chi connectivity index (χ3n) is 10.2. The predicted octanol–water partition coefficient (Wildman–Crippen LogP) is 0.379. The van der Waals surface area contributed by atoms with Crippen molar-refractivity contribution in [3.63, 3.8) is 0 Å². The molecule has 58 heavy (non-hydrogen) atoms. The fourth-order valence-electron chi connectivity index (χ4n) is 7.30. The molecule has 1 aliphatic heterocycles. The van der Waals surface area contributed by atoms with E-state index in [4.69, 9.17) is 20.9 Å². The van der Waals surface area contributed by atoms with E-state index < -0.39 is 82.8 Å². The van der Waals surface area contributed by atoms with Crippen molar-refractivity contribution in [2.75, 3.05) is 58.8 Å². The van der Waals surface area contributed by atoms with Crippen LogP contribution in [-0.2, 0) is 44.7 Å². The lowest BCUT2D eigenvalue weighted by Gasteiger charge is -2.48. The molecule has 0 radical (unpaired) electrons. The second-order valence-corrected chi connectivity index (χ2v) is 15.9. The van der Waals surface area contributed by atoms with Crippen molar-refractivity contribution in [2.45, 2.75) is 89.6 Å². The predicted molar refractivity (Wildman–Crippen MR) is 217 cm³/mol. The molecule has 6 amide bonds. The van der Waals surface area contributed by atoms with Crippen LogP contribution in [0.4, 0.5) is 5.69 Å². The molecule has 17 nitrogen and oxygen atoms in total. The molecule has 0 aliphatic carbocycles. The molecule has 3 rings (SSSR count). The largest absolute Gasteiger partial charge is 0.484 e. The molecule has 0 bridgehead atoms. The molecule has 1 heterocycles. The highest BCUT2D eigenvalue weighted by atomic mass is 16.5. The highest BCUT2D eigenvalue weighted by Crippen LogP contribution is 2.39. The minimum atomic E-state index is -1.60. The number of carbonyl (C=O) groups is 7. The van der Waals surface area contributed by atoms with Crippen LogP contribution in [0.5, 0.6) is 5.75 Å². The molecule has 2 aromatic rings. The Balaban J connectivity index is 1.79. The second-order valence-electron chi connectivity index (χ2n) is 15.9. The smallest absolute Gasteiger partial charge is 0.357 e. The fraction of sp³-hybridized carbons (Fsp3) is 0.537. The van der Waals surface area contributed by atoms with Crippen molar-refractivity contribution in [3.05, 3.63) is 60.2 Å². The summed E-state index contributed by atoms with van der Waals surface area (Å²) in [4.78, 5) is 95.8. The van der Waals surface area contributed by atoms with Crippen molar-refractivity contribution in [3.8, 4) is 5.75 Å². The number of nitrogens with zero attached hydrogens (tertiary/aromatic N) is 3. The molecule has 7 N–H and O–H groups in total. The van der Waals surface area contributed by atoms with Gasteiger partial charge in [-0.3, -0.25) is 28.8 Å². The third kappa shape index (κ3) is 13.1. The number of likely N-dealkylation sites (N-methyl/N-ethyl adjacent to an activating group) is 1. The SMILES string of the molecule is CC(=O)O[C@H](C(=O)[N+]1(C(C)(C)C)CCC[C@H]1C(N)=O)[C@H](Cc1ccccc1)NC(=O)[C@H](CC(N)=O)NC(=O)COc1ccc(N(C)C(=O)CNCCCN(C)C)cc1. The molecule has 2 aromatic carbocycles. The number of amides is 6. The number of ether oxygens (including phenoxy) is 2. The Kier molecular flexibility index (Phi) is 17.3. The first-order valence-electron chi connectivity index (χ1n) is 19.4. The first-order chi connectivity index (χ1) is 27.3. The van der Waals surface area contributed by atoms with Gasteiger partial charge < -0.3 is 46.7 Å². The molecule has 1 fully saturated rings. The number of carbonyl (C=O) groups excluding carboxylic acids is 7. The molecule has 1 aliphatic rings. The van der Waals surface area contributed by atoms with Crippen molar-refractivity contribution >= 4 is 47.1 Å². The van der Waals surface area contributed by atoms with E-state index in [9.17, 15) is 33.6 Å². The molecule has 0 aromatic heterocycles. The Labute approximate surface area is 340 Å². The maximum Gasteiger partial charge on any atom is 0.357 e. The summed E-state index contributed by atoms with van der Waals surface area (Å²) in [6, 6.07) is 11.7. The van der Waals surface area contributed by atoms with E-state index in [1.807, 2.05) is 14.1 Å². The molecule has 0 saturated carbocycles. The van der Waals surface area contributed by atoms with Gasteiger partial charge in [-0.2, -0.15) is 0 Å². The van der Waals surface area contributed by atoms with Gasteiger partial charge in [-0.1, -0.05) is 30.3 Å². The molecule has 1 saturated heterocycles. The molecular formula is C41H61N8O9+. The van der Waals surface area contributed by atoms with Crippen LogP contribution in [0.25, 0.3) is 0 Å². The van der Waals surface area contributed by atoms with Gasteiger partial charge in [0.2, 0.25) is 23.8 Å². The Hall–Kier alpha value is -5.39. The van der Waals surface area contributed by atoms with Gasteiger partial charge in [0.05, 0.1) is 31.1 Å². The average molecular weight is 810 g/mol. The van der Waals surface area contributed by atoms with Gasteiger partial charge in [0.25, 0.3) is 11.8 Å². The van der Waals surface area contributed by atoms with Gasteiger partial charge in [-0.25, -0.2) is 9.28 Å². The molecule has 17 heteroatoms. The van der Waals surface area contributed by atoms with E-state index in [2.05, 4.69) is 20.9 Å². The van der Waals surface area contributed by atoms with Gasteiger partial charge in [-0.05, 0) is 90.6 Å². The van der Waals surface area contributed by atoms with Crippen LogP contribution in [0.15, 0.2) is 54.6 Å². The third-order valence-corrected chi connectivity index (χ3v) is 10.2. The molecule has 318 valence electrons. The van der Waals surface area contributed by atoms with E-state index >= 15 is 0 Å². The van der Waals surface area contributed by atoms with Crippen molar-refractivity contribution in [2.24, 2.45) is 11.5 Å². The lowest BCUT2D eigenvalue weighted by molar-refractivity contribution is -0.904. The van der Waals surface area contributed by atoms with E-state index in [-0.39, 0.29) is 25.4 Å². The highest BCUT2D eigenvalue weighted by molar-refractivity contribution is 5.94. The number of esters is 1. The molecule has 0 spiro atoms. The zero-order chi connectivity index (χ0) is 43.2. The number of primary amides is 2. The summed E-state index contributed by atoms with van der Waals surface area (Å²) in [5, 5.41) is 8.38. The topological polar surface area (TPSA) is 233 Å². The van der Waals surface area contributed by atoms with Crippen LogP contribution in [-0.4, -0.2) is 134 Å². The second kappa shape index (κ2) is 21.4. The Bertz CT molecular complexity index is 1750. The van der Waals surface area contributed by atoms with Crippen molar-refractivity contribution in [1.82, 2.24) is 20.9 Å². The van der Waals surface area contributed by atoms with Crippen LogP contribution in [0.1, 0.15) is 58.9 Å². The van der Waals surface area contributed by atoms with Crippen LogP contribution >= 0.6 is 0 Å². The zero-order valence-corrected chi connectivity index (χ0v) is 34.7. The van der Waals surface area contributed by atoms with Crippen LogP contribution in [0.2, 0.25) is 0 Å². The first kappa shape index (κ1) is 47.0. The van der Waals surface area contributed by atoms with Gasteiger partial charge in [-0.15, -0.1) is 0 Å². The average Bonchev–Trinajstić information content (AvgIpc) is 3.63. The quantitative estimate of drug-likeness (QED) is 0.0657. The van der Waals surface area contributed by atoms with Crippen LogP contribution < -0.4 is 37.1 Å². The van der Waals surface area contributed by atoms with Gasteiger partial charge in [0.15, 0.2) is 12.6 Å². The van der Waals surface area contributed by atoms with Crippen molar-refractivity contribution < 1.29 is 47.5 Å². The van der Waals surface area contributed by atoms with Gasteiger partial charge in [0.1, 0.15) is 11.8 Å². The monoisotopic (exact) mass is 809 g/mol. The number of hydrogen-bond acceptors (Lipinski definition) is 11. The minimum Gasteiger partial charge on any atom is -0.484 e. The maximum absolute atomic E-state index is 14.8. The summed E-state index contributed by atoms with van der Waals surface area (Å²) >= 11 is 0. The van der Waals surface area contributed by atoms with E-state index in [1.165, 1.54) is 4.90 Å². The van der Waals surface area contributed by atoms with Gasteiger partial charge >= 0.3 is 11.9 Å². The normalized spacial score (nSPS) is 18.0. The number of hydrogen-bond donors (Lipinski definition) is 5.